The number of pyridine rings is 1. The van der Waals surface area contributed by atoms with Crippen molar-refractivity contribution in [3.8, 4) is 11.6 Å². The van der Waals surface area contributed by atoms with Gasteiger partial charge in [0.15, 0.2) is 0 Å². The number of aromatic nitrogens is 1. The second-order valence-corrected chi connectivity index (χ2v) is 3.82. The zero-order chi connectivity index (χ0) is 13.9. The molecule has 1 aromatic heterocycles. The van der Waals surface area contributed by atoms with Gasteiger partial charge in [-0.05, 0) is 24.3 Å². The lowest BCUT2D eigenvalue weighted by atomic mass is 10.2. The average Bonchev–Trinajstić information content (AvgIpc) is 2.39. The van der Waals surface area contributed by atoms with Crippen LogP contribution in [0, 0.1) is 0 Å². The molecule has 2 aromatic rings. The maximum Gasteiger partial charge on any atom is 0.433 e. The Morgan fingerprint density at radius 3 is 2.32 bits per heavy atom. The number of benzene rings is 1. The van der Waals surface area contributed by atoms with Gasteiger partial charge in [-0.3, -0.25) is 0 Å². The molecule has 0 unspecified atom stereocenters. The van der Waals surface area contributed by atoms with Gasteiger partial charge < -0.3 is 10.5 Å². The van der Waals surface area contributed by atoms with Gasteiger partial charge in [-0.2, -0.15) is 13.2 Å². The minimum absolute atomic E-state index is 0.0592. The van der Waals surface area contributed by atoms with Gasteiger partial charge in [0.25, 0.3) is 0 Å². The third-order valence-corrected chi connectivity index (χ3v) is 2.46. The van der Waals surface area contributed by atoms with Crippen LogP contribution in [0.5, 0.6) is 11.6 Å². The number of para-hydroxylation sites is 1. The largest absolute Gasteiger partial charge is 0.438 e. The number of hydrogen-bond donors (Lipinski definition) is 1. The third kappa shape index (κ3) is 3.23. The highest BCUT2D eigenvalue weighted by Gasteiger charge is 2.33. The number of ether oxygens (including phenoxy) is 1. The lowest BCUT2D eigenvalue weighted by molar-refractivity contribution is -0.386. The Balaban J connectivity index is 2.37. The molecule has 0 bridgehead atoms. The molecular formula is C13H12F3N2O+. The number of rotatable bonds is 3. The average molecular weight is 269 g/mol. The summed E-state index contributed by atoms with van der Waals surface area (Å²) in [4.78, 5) is 3.52. The van der Waals surface area contributed by atoms with E-state index in [-0.39, 0.29) is 5.88 Å². The molecule has 1 aromatic carbocycles. The molecule has 0 fully saturated rings. The van der Waals surface area contributed by atoms with Crippen molar-refractivity contribution in [2.75, 3.05) is 0 Å². The van der Waals surface area contributed by atoms with Crippen LogP contribution in [0.1, 0.15) is 11.3 Å². The van der Waals surface area contributed by atoms with Crippen molar-refractivity contribution in [3.05, 3.63) is 53.7 Å². The fourth-order valence-corrected chi connectivity index (χ4v) is 1.51. The van der Waals surface area contributed by atoms with Gasteiger partial charge in [0.05, 0.1) is 5.56 Å². The Kier molecular flexibility index (Phi) is 3.71. The summed E-state index contributed by atoms with van der Waals surface area (Å²) in [7, 11) is 0. The standard InChI is InChI=1S/C13H11F3N2O/c14-13(15,16)11-7-6-9(8-17)12(18-11)19-10-4-2-1-3-5-10/h1-7H,8,17H2/p+1. The Labute approximate surface area is 107 Å². The molecule has 1 heterocycles. The smallest absolute Gasteiger partial charge is 0.433 e. The summed E-state index contributed by atoms with van der Waals surface area (Å²) in [5.74, 6) is 0.375. The predicted molar refractivity (Wildman–Crippen MR) is 62.3 cm³/mol. The van der Waals surface area contributed by atoms with E-state index in [9.17, 15) is 13.2 Å². The molecule has 3 nitrogen and oxygen atoms in total. The Hall–Kier alpha value is -2.08. The van der Waals surface area contributed by atoms with Crippen LogP contribution in [0.4, 0.5) is 13.2 Å². The van der Waals surface area contributed by atoms with Crippen LogP contribution in [-0.4, -0.2) is 4.98 Å². The van der Waals surface area contributed by atoms with Crippen molar-refractivity contribution in [1.82, 2.24) is 4.98 Å². The van der Waals surface area contributed by atoms with Crippen LogP contribution in [0.3, 0.4) is 0 Å². The van der Waals surface area contributed by atoms with Crippen molar-refractivity contribution < 1.29 is 23.6 Å². The van der Waals surface area contributed by atoms with Crippen molar-refractivity contribution in [2.45, 2.75) is 12.7 Å². The first kappa shape index (κ1) is 13.4. The highest BCUT2D eigenvalue weighted by molar-refractivity contribution is 5.33. The summed E-state index contributed by atoms with van der Waals surface area (Å²) < 4.78 is 43.2. The Morgan fingerprint density at radius 1 is 1.05 bits per heavy atom. The maximum absolute atomic E-state index is 12.6. The monoisotopic (exact) mass is 269 g/mol. The first-order valence-corrected chi connectivity index (χ1v) is 5.60. The molecule has 0 amide bonds. The Morgan fingerprint density at radius 2 is 1.74 bits per heavy atom. The normalized spacial score (nSPS) is 11.4. The van der Waals surface area contributed by atoms with Gasteiger partial charge in [-0.1, -0.05) is 18.2 Å². The molecule has 0 spiro atoms. The van der Waals surface area contributed by atoms with E-state index in [0.717, 1.165) is 6.07 Å². The summed E-state index contributed by atoms with van der Waals surface area (Å²) in [6.45, 7) is 0.299. The second-order valence-electron chi connectivity index (χ2n) is 3.82. The van der Waals surface area contributed by atoms with Crippen LogP contribution in [0.2, 0.25) is 0 Å². The first-order chi connectivity index (χ1) is 9.00. The maximum atomic E-state index is 12.6. The van der Waals surface area contributed by atoms with E-state index in [2.05, 4.69) is 10.7 Å². The van der Waals surface area contributed by atoms with Crippen LogP contribution < -0.4 is 10.5 Å². The summed E-state index contributed by atoms with van der Waals surface area (Å²) in [5.41, 5.74) is 3.20. The molecule has 0 aliphatic heterocycles. The van der Waals surface area contributed by atoms with Crippen molar-refractivity contribution in [1.29, 1.82) is 0 Å². The summed E-state index contributed by atoms with van der Waals surface area (Å²) in [6, 6.07) is 10.8. The number of quaternary nitrogens is 1. The number of halogens is 3. The first-order valence-electron chi connectivity index (χ1n) is 5.60. The van der Waals surface area contributed by atoms with Gasteiger partial charge >= 0.3 is 6.18 Å². The quantitative estimate of drug-likeness (QED) is 0.931. The van der Waals surface area contributed by atoms with Crippen LogP contribution >= 0.6 is 0 Å². The molecule has 0 saturated carbocycles. The molecule has 19 heavy (non-hydrogen) atoms. The van der Waals surface area contributed by atoms with Crippen LogP contribution in [0.15, 0.2) is 42.5 Å². The van der Waals surface area contributed by atoms with Crippen molar-refractivity contribution in [3.63, 3.8) is 0 Å². The summed E-state index contributed by atoms with van der Waals surface area (Å²) >= 11 is 0. The van der Waals surface area contributed by atoms with Crippen molar-refractivity contribution in [2.24, 2.45) is 0 Å². The fourth-order valence-electron chi connectivity index (χ4n) is 1.51. The van der Waals surface area contributed by atoms with Crippen LogP contribution in [-0.2, 0) is 12.7 Å². The highest BCUT2D eigenvalue weighted by Crippen LogP contribution is 2.31. The highest BCUT2D eigenvalue weighted by atomic mass is 19.4. The molecule has 6 heteroatoms. The summed E-state index contributed by atoms with van der Waals surface area (Å²) in [6.07, 6.45) is -4.49. The van der Waals surface area contributed by atoms with Gasteiger partial charge in [0, 0.05) is 0 Å². The van der Waals surface area contributed by atoms with E-state index < -0.39 is 11.9 Å². The SMILES string of the molecule is [NH3+]Cc1ccc(C(F)(F)F)nc1Oc1ccccc1. The topological polar surface area (TPSA) is 49.8 Å². The zero-order valence-corrected chi connectivity index (χ0v) is 9.95. The van der Waals surface area contributed by atoms with Crippen molar-refractivity contribution >= 4 is 0 Å². The molecule has 2 rings (SSSR count). The molecule has 0 aliphatic carbocycles. The number of alkyl halides is 3. The summed E-state index contributed by atoms with van der Waals surface area (Å²) in [5, 5.41) is 0. The van der Waals surface area contributed by atoms with Gasteiger partial charge in [0.2, 0.25) is 5.88 Å². The minimum atomic E-state index is -4.49. The van der Waals surface area contributed by atoms with E-state index in [4.69, 9.17) is 4.74 Å². The minimum Gasteiger partial charge on any atom is -0.438 e. The Bertz CT molecular complexity index is 556. The zero-order valence-electron chi connectivity index (χ0n) is 9.95. The van der Waals surface area contributed by atoms with E-state index in [1.54, 1.807) is 30.3 Å². The molecule has 0 atom stereocenters. The van der Waals surface area contributed by atoms with E-state index in [1.807, 2.05) is 0 Å². The molecule has 0 aliphatic rings. The van der Waals surface area contributed by atoms with E-state index in [1.165, 1.54) is 6.07 Å². The molecule has 0 radical (unpaired) electrons. The third-order valence-electron chi connectivity index (χ3n) is 2.46. The molecule has 100 valence electrons. The number of hydrogen-bond acceptors (Lipinski definition) is 2. The molecule has 0 saturated heterocycles. The van der Waals surface area contributed by atoms with Gasteiger partial charge in [-0.25, -0.2) is 4.98 Å². The lowest BCUT2D eigenvalue weighted by Crippen LogP contribution is -2.47. The molecular weight excluding hydrogens is 257 g/mol. The van der Waals surface area contributed by atoms with Crippen LogP contribution in [0.25, 0.3) is 0 Å². The lowest BCUT2D eigenvalue weighted by Gasteiger charge is -2.11. The van der Waals surface area contributed by atoms with E-state index in [0.29, 0.717) is 17.9 Å². The number of nitrogens with zero attached hydrogens (tertiary/aromatic N) is 1. The predicted octanol–water partition coefficient (Wildman–Crippen LogP) is 2.63. The van der Waals surface area contributed by atoms with E-state index >= 15 is 0 Å². The molecule has 3 N–H and O–H groups in total. The second kappa shape index (κ2) is 5.27. The van der Waals surface area contributed by atoms with Gasteiger partial charge in [-0.15, -0.1) is 0 Å². The fraction of sp³-hybridized carbons (Fsp3) is 0.154. The van der Waals surface area contributed by atoms with Gasteiger partial charge in [0.1, 0.15) is 18.0 Å².